The molecule has 3 heteroatoms. The molecule has 1 aromatic carbocycles. The molecule has 1 unspecified atom stereocenters. The van der Waals surface area contributed by atoms with E-state index in [1.165, 1.54) is 18.6 Å². The highest BCUT2D eigenvalue weighted by molar-refractivity contribution is 5.57. The topological polar surface area (TPSA) is 25.2 Å². The Bertz CT molecular complexity index is 497. The fourth-order valence-corrected chi connectivity index (χ4v) is 2.24. The predicted octanol–water partition coefficient (Wildman–Crippen LogP) is 3.51. The van der Waals surface area contributed by atoms with E-state index >= 15 is 0 Å². The monoisotopic (exact) mass is 231 g/mol. The first-order valence-corrected chi connectivity index (χ1v) is 5.92. The third-order valence-corrected chi connectivity index (χ3v) is 3.16. The summed E-state index contributed by atoms with van der Waals surface area (Å²) >= 11 is 0. The molecule has 0 amide bonds. The number of furan rings is 1. The Morgan fingerprint density at radius 2 is 1.94 bits per heavy atom. The van der Waals surface area contributed by atoms with Gasteiger partial charge in [-0.25, -0.2) is 4.39 Å². The minimum absolute atomic E-state index is 0.224. The molecule has 17 heavy (non-hydrogen) atoms. The Morgan fingerprint density at radius 3 is 2.65 bits per heavy atom. The van der Waals surface area contributed by atoms with Crippen molar-refractivity contribution in [1.29, 1.82) is 0 Å². The number of benzene rings is 1. The fraction of sp³-hybridized carbons (Fsp3) is 0.286. The van der Waals surface area contributed by atoms with Gasteiger partial charge in [0.25, 0.3) is 0 Å². The van der Waals surface area contributed by atoms with E-state index in [0.29, 0.717) is 6.04 Å². The molecule has 2 heterocycles. The summed E-state index contributed by atoms with van der Waals surface area (Å²) in [7, 11) is 0. The van der Waals surface area contributed by atoms with Crippen molar-refractivity contribution in [2.75, 3.05) is 6.54 Å². The van der Waals surface area contributed by atoms with Gasteiger partial charge < -0.3 is 9.73 Å². The van der Waals surface area contributed by atoms with Gasteiger partial charge in [-0.2, -0.15) is 0 Å². The lowest BCUT2D eigenvalue weighted by Crippen LogP contribution is -2.11. The second kappa shape index (κ2) is 4.34. The molecule has 2 nitrogen and oxygen atoms in total. The van der Waals surface area contributed by atoms with Crippen molar-refractivity contribution >= 4 is 0 Å². The Balaban J connectivity index is 1.86. The lowest BCUT2D eigenvalue weighted by molar-refractivity contribution is 0.454. The van der Waals surface area contributed by atoms with E-state index in [1.807, 2.05) is 12.1 Å². The predicted molar refractivity (Wildman–Crippen MR) is 64.1 cm³/mol. The quantitative estimate of drug-likeness (QED) is 0.855. The van der Waals surface area contributed by atoms with Gasteiger partial charge in [0.1, 0.15) is 17.3 Å². The number of halogens is 1. The van der Waals surface area contributed by atoms with Crippen LogP contribution >= 0.6 is 0 Å². The molecule has 88 valence electrons. The summed E-state index contributed by atoms with van der Waals surface area (Å²) in [4.78, 5) is 0. The molecule has 3 rings (SSSR count). The molecule has 0 saturated carbocycles. The van der Waals surface area contributed by atoms with Gasteiger partial charge in [-0.05, 0) is 55.8 Å². The van der Waals surface area contributed by atoms with Crippen LogP contribution < -0.4 is 5.32 Å². The maximum atomic E-state index is 12.8. The van der Waals surface area contributed by atoms with Crippen LogP contribution in [0.25, 0.3) is 11.3 Å². The van der Waals surface area contributed by atoms with Crippen LogP contribution in [-0.4, -0.2) is 6.54 Å². The van der Waals surface area contributed by atoms with Crippen LogP contribution in [0.1, 0.15) is 24.6 Å². The molecule has 0 bridgehead atoms. The summed E-state index contributed by atoms with van der Waals surface area (Å²) in [5.41, 5.74) is 0.913. The SMILES string of the molecule is Fc1ccc(-c2ccc(C3CCCN3)o2)cc1. The van der Waals surface area contributed by atoms with Crippen LogP contribution in [0.4, 0.5) is 4.39 Å². The highest BCUT2D eigenvalue weighted by Crippen LogP contribution is 2.29. The third-order valence-electron chi connectivity index (χ3n) is 3.16. The smallest absolute Gasteiger partial charge is 0.134 e. The summed E-state index contributed by atoms with van der Waals surface area (Å²) in [6.07, 6.45) is 2.31. The molecule has 0 spiro atoms. The molecule has 0 radical (unpaired) electrons. The fourth-order valence-electron chi connectivity index (χ4n) is 2.24. The van der Waals surface area contributed by atoms with Crippen molar-refractivity contribution in [1.82, 2.24) is 5.32 Å². The second-order valence-electron chi connectivity index (χ2n) is 4.36. The maximum absolute atomic E-state index is 12.8. The van der Waals surface area contributed by atoms with Gasteiger partial charge in [0, 0.05) is 5.56 Å². The van der Waals surface area contributed by atoms with Gasteiger partial charge in [-0.1, -0.05) is 0 Å². The molecule has 1 N–H and O–H groups in total. The molecule has 1 saturated heterocycles. The molecular formula is C14H14FNO. The third kappa shape index (κ3) is 2.11. The zero-order valence-corrected chi connectivity index (χ0v) is 9.45. The number of hydrogen-bond donors (Lipinski definition) is 1. The summed E-state index contributed by atoms with van der Waals surface area (Å²) in [6.45, 7) is 1.05. The normalized spacial score (nSPS) is 19.7. The van der Waals surface area contributed by atoms with Gasteiger partial charge in [-0.3, -0.25) is 0 Å². The van der Waals surface area contributed by atoms with Gasteiger partial charge >= 0.3 is 0 Å². The zero-order chi connectivity index (χ0) is 11.7. The van der Waals surface area contributed by atoms with Crippen LogP contribution in [0.3, 0.4) is 0 Å². The highest BCUT2D eigenvalue weighted by Gasteiger charge is 2.19. The van der Waals surface area contributed by atoms with E-state index in [0.717, 1.165) is 30.0 Å². The van der Waals surface area contributed by atoms with Gasteiger partial charge in [-0.15, -0.1) is 0 Å². The van der Waals surface area contributed by atoms with E-state index in [4.69, 9.17) is 4.42 Å². The number of hydrogen-bond acceptors (Lipinski definition) is 2. The molecule has 1 atom stereocenters. The van der Waals surface area contributed by atoms with Crippen molar-refractivity contribution in [3.8, 4) is 11.3 Å². The van der Waals surface area contributed by atoms with Crippen molar-refractivity contribution in [3.63, 3.8) is 0 Å². The van der Waals surface area contributed by atoms with E-state index in [2.05, 4.69) is 5.32 Å². The summed E-state index contributed by atoms with van der Waals surface area (Å²) in [6, 6.07) is 10.7. The molecule has 1 aliphatic rings. The van der Waals surface area contributed by atoms with Gasteiger partial charge in [0.05, 0.1) is 6.04 Å². The van der Waals surface area contributed by atoms with Crippen LogP contribution in [0.15, 0.2) is 40.8 Å². The van der Waals surface area contributed by atoms with Crippen molar-refractivity contribution < 1.29 is 8.81 Å². The molecule has 1 aromatic heterocycles. The molecule has 1 fully saturated rings. The van der Waals surface area contributed by atoms with Crippen molar-refractivity contribution in [2.45, 2.75) is 18.9 Å². The van der Waals surface area contributed by atoms with Gasteiger partial charge in [0.15, 0.2) is 0 Å². The standard InChI is InChI=1S/C14H14FNO/c15-11-5-3-10(4-6-11)13-7-8-14(17-13)12-2-1-9-16-12/h3-8,12,16H,1-2,9H2. The lowest BCUT2D eigenvalue weighted by Gasteiger charge is -2.05. The first-order chi connectivity index (χ1) is 8.33. The Morgan fingerprint density at radius 1 is 1.12 bits per heavy atom. The summed E-state index contributed by atoms with van der Waals surface area (Å²) in [5.74, 6) is 1.55. The van der Waals surface area contributed by atoms with Crippen molar-refractivity contribution in [3.05, 3.63) is 48.0 Å². The van der Waals surface area contributed by atoms with Crippen molar-refractivity contribution in [2.24, 2.45) is 0 Å². The molecule has 1 aliphatic heterocycles. The Labute approximate surface area is 99.5 Å². The first-order valence-electron chi connectivity index (χ1n) is 5.92. The number of rotatable bonds is 2. The van der Waals surface area contributed by atoms with Crippen LogP contribution in [-0.2, 0) is 0 Å². The van der Waals surface area contributed by atoms with E-state index < -0.39 is 0 Å². The van der Waals surface area contributed by atoms with Gasteiger partial charge in [0.2, 0.25) is 0 Å². The summed E-state index contributed by atoms with van der Waals surface area (Å²) < 4.78 is 18.6. The molecule has 2 aromatic rings. The lowest BCUT2D eigenvalue weighted by atomic mass is 10.1. The number of nitrogens with one attached hydrogen (secondary N) is 1. The molecule has 0 aliphatic carbocycles. The zero-order valence-electron chi connectivity index (χ0n) is 9.45. The largest absolute Gasteiger partial charge is 0.459 e. The molecular weight excluding hydrogens is 217 g/mol. The first kappa shape index (κ1) is 10.5. The minimum atomic E-state index is -0.224. The van der Waals surface area contributed by atoms with Crippen LogP contribution in [0.2, 0.25) is 0 Å². The van der Waals surface area contributed by atoms with Crippen LogP contribution in [0, 0.1) is 5.82 Å². The Kier molecular flexibility index (Phi) is 2.69. The Hall–Kier alpha value is -1.61. The average molecular weight is 231 g/mol. The second-order valence-corrected chi connectivity index (χ2v) is 4.36. The van der Waals surface area contributed by atoms with E-state index in [9.17, 15) is 4.39 Å². The van der Waals surface area contributed by atoms with E-state index in [1.54, 1.807) is 12.1 Å². The highest BCUT2D eigenvalue weighted by atomic mass is 19.1. The maximum Gasteiger partial charge on any atom is 0.134 e. The minimum Gasteiger partial charge on any atom is -0.459 e. The average Bonchev–Trinajstić information content (AvgIpc) is 3.00. The van der Waals surface area contributed by atoms with Crippen LogP contribution in [0.5, 0.6) is 0 Å². The van der Waals surface area contributed by atoms with E-state index in [-0.39, 0.29) is 5.82 Å². The summed E-state index contributed by atoms with van der Waals surface area (Å²) in [5, 5.41) is 3.39.